The Morgan fingerprint density at radius 2 is 1.88 bits per heavy atom. The van der Waals surface area contributed by atoms with Crippen molar-refractivity contribution in [1.29, 1.82) is 0 Å². The number of piperidine rings is 1. The number of carbonyl (C=O) groups is 1. The van der Waals surface area contributed by atoms with E-state index in [0.717, 1.165) is 12.1 Å². The summed E-state index contributed by atoms with van der Waals surface area (Å²) in [4.78, 5) is 14.1. The number of morpholine rings is 1. The summed E-state index contributed by atoms with van der Waals surface area (Å²) in [7, 11) is 0. The molecule has 1 aromatic rings. The fraction of sp³-hybridized carbons (Fsp3) is 0.611. The summed E-state index contributed by atoms with van der Waals surface area (Å²) in [5.41, 5.74) is -2.06. The van der Waals surface area contributed by atoms with E-state index < -0.39 is 41.0 Å². The van der Waals surface area contributed by atoms with Crippen molar-refractivity contribution in [3.05, 3.63) is 35.4 Å². The van der Waals surface area contributed by atoms with Gasteiger partial charge in [0.2, 0.25) is 0 Å². The van der Waals surface area contributed by atoms with Gasteiger partial charge in [0.1, 0.15) is 17.2 Å². The third kappa shape index (κ3) is 3.62. The summed E-state index contributed by atoms with van der Waals surface area (Å²) in [5.74, 6) is -1.48. The summed E-state index contributed by atoms with van der Waals surface area (Å²) in [5, 5.41) is 11.1. The van der Waals surface area contributed by atoms with Gasteiger partial charge in [-0.15, -0.1) is 0 Å². The number of aliphatic hydroxyl groups is 1. The highest BCUT2D eigenvalue weighted by Gasteiger charge is 2.50. The van der Waals surface area contributed by atoms with Crippen molar-refractivity contribution in [1.82, 2.24) is 4.90 Å². The second-order valence-corrected chi connectivity index (χ2v) is 7.80. The van der Waals surface area contributed by atoms with Crippen LogP contribution in [-0.4, -0.2) is 47.0 Å². The number of halogens is 2. The van der Waals surface area contributed by atoms with E-state index in [9.17, 15) is 18.7 Å². The molecule has 2 bridgehead atoms. The second kappa shape index (κ2) is 6.21. The topological polar surface area (TPSA) is 59.0 Å². The van der Waals surface area contributed by atoms with Crippen LogP contribution in [0.15, 0.2) is 18.2 Å². The van der Waals surface area contributed by atoms with Crippen molar-refractivity contribution in [3.63, 3.8) is 0 Å². The van der Waals surface area contributed by atoms with Crippen molar-refractivity contribution >= 4 is 6.09 Å². The van der Waals surface area contributed by atoms with E-state index in [2.05, 4.69) is 0 Å². The molecule has 7 heteroatoms. The molecule has 2 aliphatic heterocycles. The molecule has 1 amide bonds. The first kappa shape index (κ1) is 18.1. The molecule has 2 fully saturated rings. The largest absolute Gasteiger partial charge is 0.444 e. The zero-order valence-electron chi connectivity index (χ0n) is 14.6. The van der Waals surface area contributed by atoms with Gasteiger partial charge < -0.3 is 14.6 Å². The number of ether oxygens (including phenoxy) is 2. The first-order valence-electron chi connectivity index (χ1n) is 8.36. The average Bonchev–Trinajstić information content (AvgIpc) is 2.43. The molecule has 5 nitrogen and oxygen atoms in total. The zero-order valence-corrected chi connectivity index (χ0v) is 14.6. The van der Waals surface area contributed by atoms with E-state index in [1.165, 1.54) is 6.07 Å². The summed E-state index contributed by atoms with van der Waals surface area (Å²) >= 11 is 0. The summed E-state index contributed by atoms with van der Waals surface area (Å²) in [6, 6.07) is 2.29. The van der Waals surface area contributed by atoms with Crippen molar-refractivity contribution in [2.24, 2.45) is 0 Å². The summed E-state index contributed by atoms with van der Waals surface area (Å²) < 4.78 is 38.3. The molecule has 2 heterocycles. The van der Waals surface area contributed by atoms with Gasteiger partial charge >= 0.3 is 6.09 Å². The fourth-order valence-electron chi connectivity index (χ4n) is 3.68. The lowest BCUT2D eigenvalue weighted by atomic mass is 9.77. The minimum Gasteiger partial charge on any atom is -0.444 e. The van der Waals surface area contributed by atoms with Crippen LogP contribution >= 0.6 is 0 Å². The molecule has 1 N–H and O–H groups in total. The number of hydrogen-bond acceptors (Lipinski definition) is 4. The van der Waals surface area contributed by atoms with Gasteiger partial charge in [-0.05, 0) is 26.8 Å². The van der Waals surface area contributed by atoms with E-state index in [1.807, 2.05) is 0 Å². The molecule has 2 saturated heterocycles. The van der Waals surface area contributed by atoms with Gasteiger partial charge in [-0.25, -0.2) is 13.6 Å². The monoisotopic (exact) mass is 355 g/mol. The zero-order chi connectivity index (χ0) is 18.4. The molecule has 2 atom stereocenters. The van der Waals surface area contributed by atoms with Gasteiger partial charge in [-0.2, -0.15) is 0 Å². The Morgan fingerprint density at radius 3 is 2.40 bits per heavy atom. The van der Waals surface area contributed by atoms with Crippen LogP contribution in [0, 0.1) is 11.6 Å². The van der Waals surface area contributed by atoms with Gasteiger partial charge in [0.25, 0.3) is 0 Å². The highest BCUT2D eigenvalue weighted by atomic mass is 19.1. The Morgan fingerprint density at radius 1 is 1.28 bits per heavy atom. The number of hydrogen-bond donors (Lipinski definition) is 1. The third-order valence-electron chi connectivity index (χ3n) is 4.59. The molecule has 138 valence electrons. The number of carbonyl (C=O) groups excluding carboxylic acids is 1. The predicted molar refractivity (Wildman–Crippen MR) is 86.0 cm³/mol. The highest BCUT2D eigenvalue weighted by Crippen LogP contribution is 2.42. The van der Waals surface area contributed by atoms with E-state index in [1.54, 1.807) is 25.7 Å². The Balaban J connectivity index is 1.87. The number of nitrogens with zero attached hydrogens (tertiary/aromatic N) is 1. The minimum absolute atomic E-state index is 0.0506. The third-order valence-corrected chi connectivity index (χ3v) is 4.59. The number of rotatable bonds is 1. The first-order chi connectivity index (χ1) is 11.6. The normalized spacial score (nSPS) is 29.4. The van der Waals surface area contributed by atoms with Gasteiger partial charge in [-0.1, -0.05) is 6.07 Å². The summed E-state index contributed by atoms with van der Waals surface area (Å²) in [6.07, 6.45) is -0.260. The van der Waals surface area contributed by atoms with Crippen molar-refractivity contribution < 1.29 is 28.2 Å². The van der Waals surface area contributed by atoms with Crippen LogP contribution in [0.5, 0.6) is 0 Å². The quantitative estimate of drug-likeness (QED) is 0.841. The minimum atomic E-state index is -1.48. The van der Waals surface area contributed by atoms with Crippen molar-refractivity contribution in [3.8, 4) is 0 Å². The molecule has 0 spiro atoms. The lowest BCUT2D eigenvalue weighted by Gasteiger charge is -2.51. The van der Waals surface area contributed by atoms with Gasteiger partial charge in [0.05, 0.1) is 30.9 Å². The van der Waals surface area contributed by atoms with Crippen LogP contribution < -0.4 is 0 Å². The fourth-order valence-corrected chi connectivity index (χ4v) is 3.68. The predicted octanol–water partition coefficient (Wildman–Crippen LogP) is 2.95. The molecule has 25 heavy (non-hydrogen) atoms. The van der Waals surface area contributed by atoms with Gasteiger partial charge in [0.15, 0.2) is 0 Å². The Labute approximate surface area is 145 Å². The number of fused-ring (bicyclic) bond motifs is 2. The molecule has 2 unspecified atom stereocenters. The second-order valence-electron chi connectivity index (χ2n) is 7.80. The maximum atomic E-state index is 14.2. The maximum Gasteiger partial charge on any atom is 0.410 e. The van der Waals surface area contributed by atoms with E-state index in [4.69, 9.17) is 9.47 Å². The molecule has 0 aromatic heterocycles. The van der Waals surface area contributed by atoms with Crippen LogP contribution in [0.25, 0.3) is 0 Å². The maximum absolute atomic E-state index is 14.2. The lowest BCUT2D eigenvalue weighted by molar-refractivity contribution is -0.142. The molecule has 0 saturated carbocycles. The average molecular weight is 355 g/mol. The Kier molecular flexibility index (Phi) is 4.49. The van der Waals surface area contributed by atoms with E-state index in [-0.39, 0.29) is 31.6 Å². The molecular weight excluding hydrogens is 332 g/mol. The Bertz CT molecular complexity index is 660. The first-order valence-corrected chi connectivity index (χ1v) is 8.36. The van der Waals surface area contributed by atoms with E-state index >= 15 is 0 Å². The molecule has 0 radical (unpaired) electrons. The number of benzene rings is 1. The molecular formula is C18H23F2NO4. The summed E-state index contributed by atoms with van der Waals surface area (Å²) in [6.45, 7) is 5.82. The lowest BCUT2D eigenvalue weighted by Crippen LogP contribution is -2.63. The SMILES string of the molecule is CC(C)(C)OC(=O)N1C2COCC1CC(O)(c1ccc(F)cc1F)C2. The smallest absolute Gasteiger partial charge is 0.410 e. The van der Waals surface area contributed by atoms with Crippen LogP contribution in [0.4, 0.5) is 13.6 Å². The van der Waals surface area contributed by atoms with Gasteiger partial charge in [0, 0.05) is 24.5 Å². The highest BCUT2D eigenvalue weighted by molar-refractivity contribution is 5.69. The van der Waals surface area contributed by atoms with Crippen molar-refractivity contribution in [2.75, 3.05) is 13.2 Å². The van der Waals surface area contributed by atoms with Crippen LogP contribution in [0.1, 0.15) is 39.2 Å². The standard InChI is InChI=1S/C18H23F2NO4/c1-17(2,3)25-16(22)21-12-7-18(23,8-13(21)10-24-9-12)14-5-4-11(19)6-15(14)20/h4-6,12-13,23H,7-10H2,1-3H3. The van der Waals surface area contributed by atoms with Crippen LogP contribution in [-0.2, 0) is 15.1 Å². The Hall–Kier alpha value is -1.73. The van der Waals surface area contributed by atoms with Gasteiger partial charge in [-0.3, -0.25) is 4.90 Å². The van der Waals surface area contributed by atoms with E-state index in [0.29, 0.717) is 0 Å². The molecule has 0 aliphatic carbocycles. The van der Waals surface area contributed by atoms with Crippen molar-refractivity contribution in [2.45, 2.75) is 56.9 Å². The molecule has 2 aliphatic rings. The molecule has 3 rings (SSSR count). The number of amides is 1. The van der Waals surface area contributed by atoms with Crippen LogP contribution in [0.2, 0.25) is 0 Å². The van der Waals surface area contributed by atoms with Crippen LogP contribution in [0.3, 0.4) is 0 Å². The molecule has 1 aromatic carbocycles.